The molecule has 19 heavy (non-hydrogen) atoms. The van der Waals surface area contributed by atoms with Gasteiger partial charge in [-0.25, -0.2) is 4.79 Å². The summed E-state index contributed by atoms with van der Waals surface area (Å²) in [5.41, 5.74) is 1.23. The zero-order valence-electron chi connectivity index (χ0n) is 11.3. The van der Waals surface area contributed by atoms with Gasteiger partial charge in [-0.1, -0.05) is 13.0 Å². The number of thioether (sulfide) groups is 1. The van der Waals surface area contributed by atoms with E-state index in [1.807, 2.05) is 32.0 Å². The molecular weight excluding hydrogens is 262 g/mol. The quantitative estimate of drug-likeness (QED) is 0.860. The zero-order chi connectivity index (χ0) is 13.8. The molecule has 1 heterocycles. The van der Waals surface area contributed by atoms with E-state index in [0.29, 0.717) is 12.2 Å². The molecule has 0 saturated carbocycles. The number of anilines is 1. The maximum Gasteiger partial charge on any atom is 0.338 e. The molecule has 2 rings (SSSR count). The molecular formula is C14H19NO3S. The molecule has 1 fully saturated rings. The molecule has 1 aliphatic rings. The Morgan fingerprint density at radius 3 is 3.00 bits per heavy atom. The van der Waals surface area contributed by atoms with Gasteiger partial charge in [0.2, 0.25) is 0 Å². The molecule has 0 radical (unpaired) electrons. The molecule has 0 aromatic heterocycles. The number of hydrogen-bond donors (Lipinski definition) is 1. The zero-order valence-corrected chi connectivity index (χ0v) is 12.1. The third-order valence-corrected chi connectivity index (χ3v) is 4.04. The minimum atomic E-state index is -0.856. The average molecular weight is 281 g/mol. The molecule has 0 amide bonds. The van der Waals surface area contributed by atoms with Crippen molar-refractivity contribution in [2.75, 3.05) is 30.3 Å². The molecule has 1 unspecified atom stereocenters. The lowest BCUT2D eigenvalue weighted by Gasteiger charge is -2.34. The molecule has 1 N–H and O–H groups in total. The van der Waals surface area contributed by atoms with Crippen LogP contribution in [0.15, 0.2) is 23.1 Å². The summed E-state index contributed by atoms with van der Waals surface area (Å²) in [5, 5.41) is 9.50. The Balaban J connectivity index is 2.38. The fourth-order valence-electron chi connectivity index (χ4n) is 2.31. The van der Waals surface area contributed by atoms with E-state index in [1.54, 1.807) is 11.8 Å². The van der Waals surface area contributed by atoms with E-state index in [2.05, 4.69) is 4.90 Å². The maximum absolute atomic E-state index is 11.6. The highest BCUT2D eigenvalue weighted by molar-refractivity contribution is 7.99. The van der Waals surface area contributed by atoms with Gasteiger partial charge in [-0.05, 0) is 24.8 Å². The number of carboxylic acid groups (broad SMARTS) is 1. The van der Waals surface area contributed by atoms with Gasteiger partial charge in [0.1, 0.15) is 0 Å². The molecule has 0 aliphatic carbocycles. The van der Waals surface area contributed by atoms with E-state index >= 15 is 0 Å². The number of aromatic carboxylic acids is 1. The van der Waals surface area contributed by atoms with Crippen LogP contribution in [0.4, 0.5) is 5.69 Å². The molecule has 5 heteroatoms. The molecule has 4 nitrogen and oxygen atoms in total. The minimum Gasteiger partial charge on any atom is -0.478 e. The van der Waals surface area contributed by atoms with Crippen LogP contribution < -0.4 is 4.90 Å². The largest absolute Gasteiger partial charge is 0.478 e. The van der Waals surface area contributed by atoms with Crippen LogP contribution in [0.5, 0.6) is 0 Å². The second-order valence-electron chi connectivity index (χ2n) is 4.52. The van der Waals surface area contributed by atoms with E-state index in [1.165, 1.54) is 0 Å². The van der Waals surface area contributed by atoms with Crippen molar-refractivity contribution in [3.63, 3.8) is 0 Å². The van der Waals surface area contributed by atoms with Crippen molar-refractivity contribution < 1.29 is 14.6 Å². The van der Waals surface area contributed by atoms with Gasteiger partial charge in [-0.15, -0.1) is 11.8 Å². The number of benzene rings is 1. The van der Waals surface area contributed by atoms with Gasteiger partial charge in [0.15, 0.2) is 0 Å². The number of nitrogens with zero attached hydrogens (tertiary/aromatic N) is 1. The summed E-state index contributed by atoms with van der Waals surface area (Å²) in [6.07, 6.45) is 0.137. The summed E-state index contributed by atoms with van der Waals surface area (Å²) in [4.78, 5) is 14.5. The molecule has 0 bridgehead atoms. The SMILES string of the molecule is CCSc1cccc(N2CCOC(C)C2)c1C(=O)O. The number of ether oxygens (including phenoxy) is 1. The Bertz CT molecular complexity index is 464. The van der Waals surface area contributed by atoms with E-state index < -0.39 is 5.97 Å². The lowest BCUT2D eigenvalue weighted by molar-refractivity contribution is 0.0527. The van der Waals surface area contributed by atoms with Crippen LogP contribution in [0.25, 0.3) is 0 Å². The summed E-state index contributed by atoms with van der Waals surface area (Å²) in [6.45, 7) is 6.16. The fraction of sp³-hybridized carbons (Fsp3) is 0.500. The van der Waals surface area contributed by atoms with Gasteiger partial charge >= 0.3 is 5.97 Å². The fourth-order valence-corrected chi connectivity index (χ4v) is 3.13. The van der Waals surface area contributed by atoms with Crippen LogP contribution in [-0.2, 0) is 4.74 Å². The normalized spacial score (nSPS) is 19.5. The third-order valence-electron chi connectivity index (χ3n) is 3.10. The smallest absolute Gasteiger partial charge is 0.338 e. The van der Waals surface area contributed by atoms with Crippen molar-refractivity contribution >= 4 is 23.4 Å². The first-order chi connectivity index (χ1) is 9.13. The topological polar surface area (TPSA) is 49.8 Å². The third kappa shape index (κ3) is 3.22. The monoisotopic (exact) mass is 281 g/mol. The highest BCUT2D eigenvalue weighted by Crippen LogP contribution is 2.31. The van der Waals surface area contributed by atoms with Gasteiger partial charge in [0.05, 0.1) is 24.0 Å². The van der Waals surface area contributed by atoms with Gasteiger partial charge in [-0.2, -0.15) is 0 Å². The predicted octanol–water partition coefficient (Wildman–Crippen LogP) is 2.72. The Morgan fingerprint density at radius 1 is 1.58 bits per heavy atom. The van der Waals surface area contributed by atoms with Crippen LogP contribution in [-0.4, -0.2) is 42.6 Å². The first-order valence-corrected chi connectivity index (χ1v) is 7.47. The number of morpholine rings is 1. The standard InChI is InChI=1S/C14H19NO3S/c1-3-19-12-6-4-5-11(13(12)14(16)17)15-7-8-18-10(2)9-15/h4-6,10H,3,7-9H2,1-2H3,(H,16,17). The highest BCUT2D eigenvalue weighted by Gasteiger charge is 2.23. The van der Waals surface area contributed by atoms with E-state index in [0.717, 1.165) is 29.4 Å². The first-order valence-electron chi connectivity index (χ1n) is 6.49. The molecule has 104 valence electrons. The van der Waals surface area contributed by atoms with E-state index in [-0.39, 0.29) is 6.10 Å². The molecule has 1 atom stereocenters. The van der Waals surface area contributed by atoms with Crippen LogP contribution in [0.1, 0.15) is 24.2 Å². The number of hydrogen-bond acceptors (Lipinski definition) is 4. The van der Waals surface area contributed by atoms with Crippen molar-refractivity contribution in [2.24, 2.45) is 0 Å². The predicted molar refractivity (Wildman–Crippen MR) is 77.4 cm³/mol. The molecule has 1 aromatic rings. The summed E-state index contributed by atoms with van der Waals surface area (Å²) in [7, 11) is 0. The average Bonchev–Trinajstić information content (AvgIpc) is 2.38. The molecule has 1 aromatic carbocycles. The van der Waals surface area contributed by atoms with Crippen LogP contribution in [0, 0.1) is 0 Å². The van der Waals surface area contributed by atoms with Crippen LogP contribution in [0.3, 0.4) is 0 Å². The van der Waals surface area contributed by atoms with Crippen molar-refractivity contribution in [3.8, 4) is 0 Å². The number of carbonyl (C=O) groups is 1. The van der Waals surface area contributed by atoms with Gasteiger partial charge < -0.3 is 14.7 Å². The summed E-state index contributed by atoms with van der Waals surface area (Å²) in [5.74, 6) is 0.00849. The van der Waals surface area contributed by atoms with Crippen molar-refractivity contribution in [3.05, 3.63) is 23.8 Å². The Morgan fingerprint density at radius 2 is 2.37 bits per heavy atom. The summed E-state index contributed by atoms with van der Waals surface area (Å²) in [6, 6.07) is 5.70. The summed E-state index contributed by atoms with van der Waals surface area (Å²) < 4.78 is 5.51. The Kier molecular flexibility index (Phi) is 4.71. The number of rotatable bonds is 4. The van der Waals surface area contributed by atoms with E-state index in [9.17, 15) is 9.90 Å². The molecule has 1 aliphatic heterocycles. The Hall–Kier alpha value is -1.20. The summed E-state index contributed by atoms with van der Waals surface area (Å²) >= 11 is 1.57. The highest BCUT2D eigenvalue weighted by atomic mass is 32.2. The van der Waals surface area contributed by atoms with Crippen LogP contribution in [0.2, 0.25) is 0 Å². The van der Waals surface area contributed by atoms with Gasteiger partial charge in [-0.3, -0.25) is 0 Å². The second kappa shape index (κ2) is 6.30. The van der Waals surface area contributed by atoms with Crippen molar-refractivity contribution in [1.82, 2.24) is 0 Å². The van der Waals surface area contributed by atoms with Crippen molar-refractivity contribution in [1.29, 1.82) is 0 Å². The number of carboxylic acids is 1. The Labute approximate surface area is 117 Å². The van der Waals surface area contributed by atoms with Gasteiger partial charge in [0, 0.05) is 18.0 Å². The van der Waals surface area contributed by atoms with E-state index in [4.69, 9.17) is 4.74 Å². The second-order valence-corrected chi connectivity index (χ2v) is 5.82. The van der Waals surface area contributed by atoms with Crippen molar-refractivity contribution in [2.45, 2.75) is 24.8 Å². The molecule has 1 saturated heterocycles. The lowest BCUT2D eigenvalue weighted by Crippen LogP contribution is -2.41. The van der Waals surface area contributed by atoms with Crippen LogP contribution >= 0.6 is 11.8 Å². The minimum absolute atomic E-state index is 0.137. The maximum atomic E-state index is 11.6. The first kappa shape index (κ1) is 14.2. The van der Waals surface area contributed by atoms with Gasteiger partial charge in [0.25, 0.3) is 0 Å². The lowest BCUT2D eigenvalue weighted by atomic mass is 10.1. The molecule has 0 spiro atoms.